The number of piperidine rings is 1. The van der Waals surface area contributed by atoms with Gasteiger partial charge in [-0.25, -0.2) is 0 Å². The van der Waals surface area contributed by atoms with E-state index in [1.165, 1.54) is 38.5 Å². The van der Waals surface area contributed by atoms with Gasteiger partial charge in [-0.3, -0.25) is 0 Å². The first-order valence-corrected chi connectivity index (χ1v) is 8.10. The van der Waals surface area contributed by atoms with Crippen LogP contribution in [0.1, 0.15) is 57.8 Å². The van der Waals surface area contributed by atoms with E-state index in [0.717, 1.165) is 13.0 Å². The average Bonchev–Trinajstić information content (AvgIpc) is 2.44. The van der Waals surface area contributed by atoms with E-state index < -0.39 is 12.6 Å². The van der Waals surface area contributed by atoms with E-state index in [1.807, 2.05) is 0 Å². The van der Waals surface area contributed by atoms with Crippen LogP contribution in [0, 0.1) is 5.92 Å². The zero-order chi connectivity index (χ0) is 14.4. The lowest BCUT2D eigenvalue weighted by molar-refractivity contribution is -0.135. The molecule has 1 aliphatic carbocycles. The van der Waals surface area contributed by atoms with Crippen LogP contribution < -0.4 is 10.6 Å². The van der Waals surface area contributed by atoms with E-state index in [2.05, 4.69) is 10.6 Å². The molecular formula is C15H27F3N2. The molecule has 2 rings (SSSR count). The maximum absolute atomic E-state index is 12.2. The Labute approximate surface area is 119 Å². The molecule has 3 unspecified atom stereocenters. The summed E-state index contributed by atoms with van der Waals surface area (Å²) in [7, 11) is 0. The Kier molecular flexibility index (Phi) is 6.15. The molecule has 2 nitrogen and oxygen atoms in total. The zero-order valence-electron chi connectivity index (χ0n) is 12.1. The van der Waals surface area contributed by atoms with E-state index >= 15 is 0 Å². The minimum Gasteiger partial charge on any atom is -0.314 e. The maximum atomic E-state index is 12.2. The molecule has 0 bridgehead atoms. The number of hydrogen-bond acceptors (Lipinski definition) is 2. The number of hydrogen-bond donors (Lipinski definition) is 2. The minimum atomic E-state index is -4.02. The van der Waals surface area contributed by atoms with Crippen LogP contribution in [-0.2, 0) is 0 Å². The van der Waals surface area contributed by atoms with Crippen molar-refractivity contribution in [1.82, 2.24) is 10.6 Å². The summed E-state index contributed by atoms with van der Waals surface area (Å²) < 4.78 is 36.5. The highest BCUT2D eigenvalue weighted by Gasteiger charge is 2.32. The molecule has 0 aromatic heterocycles. The Morgan fingerprint density at radius 1 is 1.00 bits per heavy atom. The quantitative estimate of drug-likeness (QED) is 0.756. The van der Waals surface area contributed by atoms with Crippen molar-refractivity contribution in [2.24, 2.45) is 5.92 Å². The first-order valence-electron chi connectivity index (χ1n) is 8.10. The third-order valence-corrected chi connectivity index (χ3v) is 4.73. The fraction of sp³-hybridized carbons (Fsp3) is 1.00. The van der Waals surface area contributed by atoms with Gasteiger partial charge in [-0.2, -0.15) is 13.2 Å². The van der Waals surface area contributed by atoms with Crippen molar-refractivity contribution in [3.8, 4) is 0 Å². The Bertz CT molecular complexity index is 275. The predicted molar refractivity (Wildman–Crippen MR) is 74.7 cm³/mol. The SMILES string of the molecule is FC(F)(F)CCCNC1CCCCC1C1CCCCN1. The van der Waals surface area contributed by atoms with Crippen LogP contribution in [0.2, 0.25) is 0 Å². The zero-order valence-corrected chi connectivity index (χ0v) is 12.1. The van der Waals surface area contributed by atoms with Crippen molar-refractivity contribution in [2.75, 3.05) is 13.1 Å². The number of alkyl halides is 3. The molecule has 118 valence electrons. The number of rotatable bonds is 5. The lowest BCUT2D eigenvalue weighted by atomic mass is 9.77. The second-order valence-corrected chi connectivity index (χ2v) is 6.28. The predicted octanol–water partition coefficient (Wildman–Crippen LogP) is 3.62. The van der Waals surface area contributed by atoms with Gasteiger partial charge in [-0.1, -0.05) is 19.3 Å². The van der Waals surface area contributed by atoms with Crippen molar-refractivity contribution in [2.45, 2.75) is 76.0 Å². The lowest BCUT2D eigenvalue weighted by Crippen LogP contribution is -2.50. The normalized spacial score (nSPS) is 32.2. The summed E-state index contributed by atoms with van der Waals surface area (Å²) >= 11 is 0. The van der Waals surface area contributed by atoms with E-state index in [0.29, 0.717) is 24.5 Å². The Morgan fingerprint density at radius 3 is 2.45 bits per heavy atom. The van der Waals surface area contributed by atoms with Gasteiger partial charge in [0.1, 0.15) is 0 Å². The van der Waals surface area contributed by atoms with Crippen LogP contribution in [0.15, 0.2) is 0 Å². The molecule has 2 aliphatic rings. The molecule has 0 radical (unpaired) electrons. The van der Waals surface area contributed by atoms with Gasteiger partial charge in [0.05, 0.1) is 0 Å². The number of halogens is 3. The molecule has 0 amide bonds. The van der Waals surface area contributed by atoms with Crippen molar-refractivity contribution in [3.05, 3.63) is 0 Å². The van der Waals surface area contributed by atoms with Crippen LogP contribution in [0.25, 0.3) is 0 Å². The lowest BCUT2D eigenvalue weighted by Gasteiger charge is -2.40. The second kappa shape index (κ2) is 7.64. The molecule has 2 N–H and O–H groups in total. The van der Waals surface area contributed by atoms with E-state index in [9.17, 15) is 13.2 Å². The smallest absolute Gasteiger partial charge is 0.314 e. The summed E-state index contributed by atoms with van der Waals surface area (Å²) in [5.74, 6) is 0.606. The van der Waals surface area contributed by atoms with Gasteiger partial charge < -0.3 is 10.6 Å². The van der Waals surface area contributed by atoms with Crippen LogP contribution in [-0.4, -0.2) is 31.3 Å². The largest absolute Gasteiger partial charge is 0.389 e. The third-order valence-electron chi connectivity index (χ3n) is 4.73. The van der Waals surface area contributed by atoms with Crippen molar-refractivity contribution < 1.29 is 13.2 Å². The summed E-state index contributed by atoms with van der Waals surface area (Å²) in [4.78, 5) is 0. The highest BCUT2D eigenvalue weighted by atomic mass is 19.4. The van der Waals surface area contributed by atoms with Gasteiger partial charge in [-0.05, 0) is 51.1 Å². The maximum Gasteiger partial charge on any atom is 0.389 e. The average molecular weight is 292 g/mol. The van der Waals surface area contributed by atoms with Crippen molar-refractivity contribution in [3.63, 3.8) is 0 Å². The molecule has 0 aromatic carbocycles. The Balaban J connectivity index is 1.75. The van der Waals surface area contributed by atoms with E-state index in [4.69, 9.17) is 0 Å². The number of nitrogens with one attached hydrogen (secondary N) is 2. The molecule has 1 aliphatic heterocycles. The molecule has 1 heterocycles. The Hall–Kier alpha value is -0.290. The van der Waals surface area contributed by atoms with Gasteiger partial charge in [0.2, 0.25) is 0 Å². The minimum absolute atomic E-state index is 0.199. The summed E-state index contributed by atoms with van der Waals surface area (Å²) in [6.07, 6.45) is 4.10. The second-order valence-electron chi connectivity index (χ2n) is 6.28. The molecular weight excluding hydrogens is 265 g/mol. The molecule has 1 saturated carbocycles. The van der Waals surface area contributed by atoms with Crippen LogP contribution in [0.3, 0.4) is 0 Å². The first-order chi connectivity index (χ1) is 9.56. The molecule has 1 saturated heterocycles. The fourth-order valence-corrected chi connectivity index (χ4v) is 3.72. The van der Waals surface area contributed by atoms with Crippen LogP contribution >= 0.6 is 0 Å². The van der Waals surface area contributed by atoms with Gasteiger partial charge >= 0.3 is 6.18 Å². The first kappa shape index (κ1) is 16.1. The molecule has 0 aromatic rings. The summed E-state index contributed by atoms with van der Waals surface area (Å²) in [6.45, 7) is 1.59. The van der Waals surface area contributed by atoms with Gasteiger partial charge in [-0.15, -0.1) is 0 Å². The van der Waals surface area contributed by atoms with Crippen molar-refractivity contribution >= 4 is 0 Å². The van der Waals surface area contributed by atoms with Gasteiger partial charge in [0.25, 0.3) is 0 Å². The Morgan fingerprint density at radius 2 is 1.75 bits per heavy atom. The van der Waals surface area contributed by atoms with E-state index in [1.54, 1.807) is 0 Å². The van der Waals surface area contributed by atoms with Crippen LogP contribution in [0.5, 0.6) is 0 Å². The van der Waals surface area contributed by atoms with Crippen LogP contribution in [0.4, 0.5) is 13.2 Å². The molecule has 3 atom stereocenters. The van der Waals surface area contributed by atoms with E-state index in [-0.39, 0.29) is 6.42 Å². The summed E-state index contributed by atoms with van der Waals surface area (Å²) in [6, 6.07) is 0.983. The summed E-state index contributed by atoms with van der Waals surface area (Å²) in [5, 5.41) is 7.02. The van der Waals surface area contributed by atoms with Gasteiger partial charge in [0, 0.05) is 18.5 Å². The fourth-order valence-electron chi connectivity index (χ4n) is 3.72. The highest BCUT2D eigenvalue weighted by molar-refractivity contribution is 4.90. The third kappa shape index (κ3) is 5.24. The molecule has 20 heavy (non-hydrogen) atoms. The van der Waals surface area contributed by atoms with Crippen molar-refractivity contribution in [1.29, 1.82) is 0 Å². The summed E-state index contributed by atoms with van der Waals surface area (Å²) in [5.41, 5.74) is 0. The topological polar surface area (TPSA) is 24.1 Å². The molecule has 2 fully saturated rings. The monoisotopic (exact) mass is 292 g/mol. The molecule has 5 heteroatoms. The highest BCUT2D eigenvalue weighted by Crippen LogP contribution is 2.30. The van der Waals surface area contributed by atoms with Gasteiger partial charge in [0.15, 0.2) is 0 Å². The standard InChI is InChI=1S/C15H27F3N2/c16-15(17,18)9-5-11-20-13-7-2-1-6-12(13)14-8-3-4-10-19-14/h12-14,19-20H,1-11H2. The molecule has 0 spiro atoms.